The number of fused-ring (bicyclic) bond motifs is 1. The quantitative estimate of drug-likeness (QED) is 0.552. The lowest BCUT2D eigenvalue weighted by molar-refractivity contribution is 1.55. The smallest absolute Gasteiger partial charge is 0.0103 e. The van der Waals surface area contributed by atoms with Gasteiger partial charge in [0.15, 0.2) is 0 Å². The van der Waals surface area contributed by atoms with E-state index in [2.05, 4.69) is 73.7 Å². The van der Waals surface area contributed by atoms with Crippen molar-refractivity contribution in [3.05, 3.63) is 72.3 Å². The molecule has 0 heterocycles. The highest BCUT2D eigenvalue weighted by atomic mass is 14.1. The average Bonchev–Trinajstić information content (AvgIpc) is 2.61. The van der Waals surface area contributed by atoms with E-state index in [1.165, 1.54) is 27.8 Å². The lowest BCUT2D eigenvalue weighted by Gasteiger charge is -2.03. The van der Waals surface area contributed by atoms with Crippen LogP contribution < -0.4 is 0 Å². The van der Waals surface area contributed by atoms with Crippen molar-refractivity contribution in [3.8, 4) is 22.3 Å². The third kappa shape index (κ3) is 1.83. The molecule has 0 unspecified atom stereocenters. The molecule has 0 saturated heterocycles. The van der Waals surface area contributed by atoms with Gasteiger partial charge in [-0.05, 0) is 34.7 Å². The van der Waals surface area contributed by atoms with Gasteiger partial charge in [0.25, 0.3) is 0 Å². The Hall–Kier alpha value is -2.08. The van der Waals surface area contributed by atoms with Crippen molar-refractivity contribution in [2.75, 3.05) is 0 Å². The fraction of sp³-hybridized carbons (Fsp3) is 0.0588. The predicted octanol–water partition coefficient (Wildman–Crippen LogP) is 4.77. The van der Waals surface area contributed by atoms with Crippen LogP contribution in [-0.2, 0) is 0 Å². The van der Waals surface area contributed by atoms with Crippen LogP contribution in [0.3, 0.4) is 0 Å². The summed E-state index contributed by atoms with van der Waals surface area (Å²) in [6.07, 6.45) is 0. The van der Waals surface area contributed by atoms with E-state index in [1.807, 2.05) is 0 Å². The molecule has 17 heavy (non-hydrogen) atoms. The number of hydrogen-bond acceptors (Lipinski definition) is 0. The van der Waals surface area contributed by atoms with E-state index in [1.54, 1.807) is 0 Å². The molecule has 0 aromatic heterocycles. The van der Waals surface area contributed by atoms with Crippen molar-refractivity contribution >= 4 is 0 Å². The number of rotatable bonds is 1. The van der Waals surface area contributed by atoms with Crippen LogP contribution in [0.15, 0.2) is 66.7 Å². The summed E-state index contributed by atoms with van der Waals surface area (Å²) >= 11 is 0. The van der Waals surface area contributed by atoms with Gasteiger partial charge >= 0.3 is 0 Å². The summed E-state index contributed by atoms with van der Waals surface area (Å²) in [6.45, 7) is 2.15. The molecular weight excluding hydrogens is 204 g/mol. The first-order valence-corrected chi connectivity index (χ1v) is 5.89. The second-order valence-corrected chi connectivity index (χ2v) is 4.40. The van der Waals surface area contributed by atoms with Crippen LogP contribution in [-0.4, -0.2) is 0 Å². The van der Waals surface area contributed by atoms with Crippen LogP contribution in [0.25, 0.3) is 22.3 Å². The Morgan fingerprint density at radius 2 is 1.24 bits per heavy atom. The minimum absolute atomic E-state index is 1.28. The van der Waals surface area contributed by atoms with Crippen molar-refractivity contribution in [2.45, 2.75) is 6.92 Å². The Balaban J connectivity index is 2.29. The summed E-state index contributed by atoms with van der Waals surface area (Å²) in [5, 5.41) is 0. The Morgan fingerprint density at radius 1 is 0.588 bits per heavy atom. The van der Waals surface area contributed by atoms with Gasteiger partial charge in [0.2, 0.25) is 0 Å². The van der Waals surface area contributed by atoms with Gasteiger partial charge < -0.3 is 0 Å². The van der Waals surface area contributed by atoms with Gasteiger partial charge in [0.1, 0.15) is 0 Å². The molecule has 0 radical (unpaired) electrons. The lowest BCUT2D eigenvalue weighted by Crippen LogP contribution is -1.77. The maximum atomic E-state index is 2.26. The number of hydrogen-bond donors (Lipinski definition) is 0. The fourth-order valence-electron chi connectivity index (χ4n) is 2.32. The first-order valence-electron chi connectivity index (χ1n) is 5.89. The van der Waals surface area contributed by atoms with Gasteiger partial charge in [-0.2, -0.15) is 0 Å². The minimum Gasteiger partial charge on any atom is -0.0622 e. The lowest BCUT2D eigenvalue weighted by atomic mass is 10.0. The molecule has 2 aliphatic carbocycles. The average molecular weight is 218 g/mol. The molecule has 0 aliphatic heterocycles. The van der Waals surface area contributed by atoms with Crippen LogP contribution in [0.4, 0.5) is 0 Å². The van der Waals surface area contributed by atoms with Crippen molar-refractivity contribution < 1.29 is 0 Å². The molecule has 1 aromatic rings. The molecule has 0 amide bonds. The van der Waals surface area contributed by atoms with E-state index in [0.29, 0.717) is 0 Å². The van der Waals surface area contributed by atoms with Crippen molar-refractivity contribution in [2.24, 2.45) is 0 Å². The molecule has 0 fully saturated rings. The molecular formula is C17H14. The highest BCUT2D eigenvalue weighted by molar-refractivity contribution is 5.85. The van der Waals surface area contributed by atoms with Crippen LogP contribution in [0.5, 0.6) is 0 Å². The zero-order chi connectivity index (χ0) is 11.7. The van der Waals surface area contributed by atoms with Crippen LogP contribution in [0.2, 0.25) is 0 Å². The molecule has 0 spiro atoms. The predicted molar refractivity (Wildman–Crippen MR) is 73.2 cm³/mol. The van der Waals surface area contributed by atoms with Gasteiger partial charge in [0, 0.05) is 0 Å². The minimum atomic E-state index is 1.28. The van der Waals surface area contributed by atoms with Gasteiger partial charge in [0.05, 0.1) is 0 Å². The third-order valence-electron chi connectivity index (χ3n) is 3.09. The summed E-state index contributed by atoms with van der Waals surface area (Å²) in [6, 6.07) is 23.6. The highest BCUT2D eigenvalue weighted by Gasteiger charge is 2.09. The first kappa shape index (κ1) is 10.1. The van der Waals surface area contributed by atoms with Gasteiger partial charge in [-0.1, -0.05) is 66.7 Å². The zero-order valence-corrected chi connectivity index (χ0v) is 9.85. The maximum absolute atomic E-state index is 2.26. The van der Waals surface area contributed by atoms with E-state index in [0.717, 1.165) is 0 Å². The normalized spacial score (nSPS) is 10.6. The molecule has 0 bridgehead atoms. The first-order chi connectivity index (χ1) is 8.34. The van der Waals surface area contributed by atoms with Crippen LogP contribution >= 0.6 is 0 Å². The van der Waals surface area contributed by atoms with Gasteiger partial charge in [-0.25, -0.2) is 0 Å². The standard InChI is InChI=1S/C17H14/c1-13-11-15-9-5-6-10-16(17(15)12-13)14-7-3-2-4-8-14/h2-12H,1H3. The van der Waals surface area contributed by atoms with Gasteiger partial charge in [-0.3, -0.25) is 0 Å². The second-order valence-electron chi connectivity index (χ2n) is 4.40. The van der Waals surface area contributed by atoms with E-state index in [9.17, 15) is 0 Å². The molecule has 1 aromatic carbocycles. The van der Waals surface area contributed by atoms with Crippen LogP contribution in [0.1, 0.15) is 5.56 Å². The van der Waals surface area contributed by atoms with Crippen molar-refractivity contribution in [1.29, 1.82) is 0 Å². The number of benzene rings is 1. The summed E-state index contributed by atoms with van der Waals surface area (Å²) in [5.41, 5.74) is 6.55. The van der Waals surface area contributed by atoms with E-state index in [-0.39, 0.29) is 0 Å². The number of aryl methyl sites for hydroxylation is 1. The van der Waals surface area contributed by atoms with E-state index >= 15 is 0 Å². The van der Waals surface area contributed by atoms with Crippen LogP contribution in [0, 0.1) is 6.92 Å². The van der Waals surface area contributed by atoms with E-state index in [4.69, 9.17) is 0 Å². The molecule has 0 saturated carbocycles. The molecule has 0 heteroatoms. The molecule has 3 rings (SSSR count). The summed E-state index contributed by atoms with van der Waals surface area (Å²) in [7, 11) is 0. The Morgan fingerprint density at radius 3 is 2.06 bits per heavy atom. The van der Waals surface area contributed by atoms with E-state index < -0.39 is 0 Å². The Bertz CT molecular complexity index is 608. The topological polar surface area (TPSA) is 0 Å². The Kier molecular flexibility index (Phi) is 2.41. The molecule has 2 aliphatic rings. The SMILES string of the molecule is Cc1cc2ccccc(-c3ccccc3)c-2c1. The monoisotopic (exact) mass is 218 g/mol. The second kappa shape index (κ2) is 4.06. The molecule has 0 atom stereocenters. The largest absolute Gasteiger partial charge is 0.0622 e. The zero-order valence-electron chi connectivity index (χ0n) is 9.85. The van der Waals surface area contributed by atoms with Gasteiger partial charge in [-0.15, -0.1) is 0 Å². The molecule has 0 nitrogen and oxygen atoms in total. The molecule has 82 valence electrons. The maximum Gasteiger partial charge on any atom is -0.0103 e. The Labute approximate surface area is 102 Å². The molecule has 0 N–H and O–H groups in total. The fourth-order valence-corrected chi connectivity index (χ4v) is 2.32. The summed E-state index contributed by atoms with van der Waals surface area (Å²) in [5.74, 6) is 0. The third-order valence-corrected chi connectivity index (χ3v) is 3.09. The summed E-state index contributed by atoms with van der Waals surface area (Å²) < 4.78 is 0. The van der Waals surface area contributed by atoms with Crippen molar-refractivity contribution in [1.82, 2.24) is 0 Å². The highest BCUT2D eigenvalue weighted by Crippen LogP contribution is 2.34. The summed E-state index contributed by atoms with van der Waals surface area (Å²) in [4.78, 5) is 0. The van der Waals surface area contributed by atoms with Crippen molar-refractivity contribution in [3.63, 3.8) is 0 Å².